The summed E-state index contributed by atoms with van der Waals surface area (Å²) in [4.78, 5) is 11.7. The highest BCUT2D eigenvalue weighted by Crippen LogP contribution is 2.17. The molecule has 6 heteroatoms. The molecule has 6 nitrogen and oxygen atoms in total. The van der Waals surface area contributed by atoms with Gasteiger partial charge in [-0.05, 0) is 17.7 Å². The lowest BCUT2D eigenvalue weighted by atomic mass is 10.1. The molecule has 0 aliphatic rings. The number of aromatic nitrogens is 2. The van der Waals surface area contributed by atoms with Gasteiger partial charge in [0.25, 0.3) is 5.89 Å². The van der Waals surface area contributed by atoms with Crippen LogP contribution in [0.25, 0.3) is 11.7 Å². The number of aliphatic hydroxyl groups excluding tert-OH is 1. The Balaban J connectivity index is 1.83. The average molecular weight is 272 g/mol. The molecule has 2 heterocycles. The minimum Gasteiger partial charge on any atom is -0.459 e. The van der Waals surface area contributed by atoms with E-state index in [9.17, 15) is 9.90 Å². The first-order valence-corrected chi connectivity index (χ1v) is 6.09. The van der Waals surface area contributed by atoms with Crippen LogP contribution in [0.5, 0.6) is 0 Å². The molecule has 1 aromatic carbocycles. The van der Waals surface area contributed by atoms with Crippen LogP contribution in [0.4, 0.5) is 0 Å². The number of benzene rings is 1. The molecule has 0 amide bonds. The quantitative estimate of drug-likeness (QED) is 0.783. The Morgan fingerprint density at radius 2 is 2.00 bits per heavy atom. The molecule has 0 aliphatic heterocycles. The first-order valence-electron chi connectivity index (χ1n) is 6.09. The van der Waals surface area contributed by atoms with E-state index in [1.54, 1.807) is 24.3 Å². The van der Waals surface area contributed by atoms with E-state index in [1.165, 1.54) is 6.26 Å². The van der Waals surface area contributed by atoms with E-state index in [2.05, 4.69) is 5.10 Å². The second-order valence-corrected chi connectivity index (χ2v) is 4.26. The second-order valence-electron chi connectivity index (χ2n) is 4.26. The van der Waals surface area contributed by atoms with Gasteiger partial charge in [-0.1, -0.05) is 30.3 Å². The van der Waals surface area contributed by atoms with E-state index in [0.29, 0.717) is 11.3 Å². The maximum atomic E-state index is 11.7. The van der Waals surface area contributed by atoms with Gasteiger partial charge in [-0.15, -0.1) is 5.10 Å². The summed E-state index contributed by atoms with van der Waals surface area (Å²) < 4.78 is 11.2. The molecule has 1 N–H and O–H groups in total. The van der Waals surface area contributed by atoms with Crippen molar-refractivity contribution in [3.05, 3.63) is 64.8 Å². The molecular weight excluding hydrogens is 260 g/mol. The zero-order valence-electron chi connectivity index (χ0n) is 10.5. The van der Waals surface area contributed by atoms with Gasteiger partial charge in [0.1, 0.15) is 0 Å². The smallest absolute Gasteiger partial charge is 0.437 e. The predicted molar refractivity (Wildman–Crippen MR) is 69.9 cm³/mol. The van der Waals surface area contributed by atoms with Crippen molar-refractivity contribution in [1.29, 1.82) is 0 Å². The van der Waals surface area contributed by atoms with Crippen LogP contribution in [-0.2, 0) is 6.54 Å². The summed E-state index contributed by atoms with van der Waals surface area (Å²) in [6.07, 6.45) is 0.635. The highest BCUT2D eigenvalue weighted by Gasteiger charge is 2.16. The van der Waals surface area contributed by atoms with Gasteiger partial charge < -0.3 is 13.9 Å². The zero-order chi connectivity index (χ0) is 13.9. The molecule has 1 atom stereocenters. The molecule has 3 aromatic rings. The summed E-state index contributed by atoms with van der Waals surface area (Å²) >= 11 is 0. The van der Waals surface area contributed by atoms with E-state index in [-0.39, 0.29) is 12.4 Å². The van der Waals surface area contributed by atoms with E-state index >= 15 is 0 Å². The maximum absolute atomic E-state index is 11.7. The number of hydrogen-bond donors (Lipinski definition) is 1. The van der Waals surface area contributed by atoms with E-state index < -0.39 is 11.9 Å². The lowest BCUT2D eigenvalue weighted by Gasteiger charge is -2.08. The number of rotatable bonds is 4. The van der Waals surface area contributed by atoms with Crippen LogP contribution < -0.4 is 5.76 Å². The van der Waals surface area contributed by atoms with Crippen LogP contribution in [0.15, 0.2) is 62.4 Å². The Kier molecular flexibility index (Phi) is 3.22. The fourth-order valence-corrected chi connectivity index (χ4v) is 1.87. The SMILES string of the molecule is O=c1oc(-c2ccco2)nn1C[C@@H](O)c1ccccc1. The van der Waals surface area contributed by atoms with Crippen LogP contribution in [0, 0.1) is 0 Å². The average Bonchev–Trinajstić information content (AvgIpc) is 3.10. The Labute approximate surface area is 113 Å². The normalized spacial score (nSPS) is 12.4. The summed E-state index contributed by atoms with van der Waals surface area (Å²) in [6, 6.07) is 12.4. The summed E-state index contributed by atoms with van der Waals surface area (Å²) in [6.45, 7) is 0.0209. The molecule has 0 radical (unpaired) electrons. The van der Waals surface area contributed by atoms with Crippen molar-refractivity contribution in [2.24, 2.45) is 0 Å². The van der Waals surface area contributed by atoms with Crippen LogP contribution >= 0.6 is 0 Å². The Hall–Kier alpha value is -2.60. The highest BCUT2D eigenvalue weighted by atomic mass is 16.4. The minimum absolute atomic E-state index is 0.0209. The topological polar surface area (TPSA) is 81.4 Å². The predicted octanol–water partition coefficient (Wildman–Crippen LogP) is 1.83. The maximum Gasteiger partial charge on any atom is 0.437 e. The van der Waals surface area contributed by atoms with Crippen molar-refractivity contribution in [1.82, 2.24) is 9.78 Å². The third-order valence-corrected chi connectivity index (χ3v) is 2.87. The monoisotopic (exact) mass is 272 g/mol. The van der Waals surface area contributed by atoms with Crippen molar-refractivity contribution >= 4 is 0 Å². The van der Waals surface area contributed by atoms with Crippen molar-refractivity contribution in [3.8, 4) is 11.7 Å². The standard InChI is InChI=1S/C14H12N2O4/c17-11(10-5-2-1-3-6-10)9-16-14(18)20-13(15-16)12-7-4-8-19-12/h1-8,11,17H,9H2/t11-/m1/s1. The molecule has 0 unspecified atom stereocenters. The van der Waals surface area contributed by atoms with Gasteiger partial charge in [0.2, 0.25) is 0 Å². The molecule has 0 bridgehead atoms. The number of aliphatic hydroxyl groups is 1. The summed E-state index contributed by atoms with van der Waals surface area (Å²) in [5.41, 5.74) is 0.710. The lowest BCUT2D eigenvalue weighted by Crippen LogP contribution is -2.20. The highest BCUT2D eigenvalue weighted by molar-refractivity contribution is 5.42. The van der Waals surface area contributed by atoms with Crippen LogP contribution in [-0.4, -0.2) is 14.9 Å². The third kappa shape index (κ3) is 2.41. The van der Waals surface area contributed by atoms with E-state index in [1.807, 2.05) is 18.2 Å². The van der Waals surface area contributed by atoms with Gasteiger partial charge in [0, 0.05) is 0 Å². The van der Waals surface area contributed by atoms with Gasteiger partial charge in [-0.2, -0.15) is 4.68 Å². The van der Waals surface area contributed by atoms with E-state index in [4.69, 9.17) is 8.83 Å². The summed E-state index contributed by atoms with van der Waals surface area (Å²) in [5.74, 6) is -0.165. The Bertz CT molecular complexity index is 728. The Morgan fingerprint density at radius 1 is 1.20 bits per heavy atom. The third-order valence-electron chi connectivity index (χ3n) is 2.87. The largest absolute Gasteiger partial charge is 0.459 e. The number of furan rings is 1. The van der Waals surface area contributed by atoms with E-state index in [0.717, 1.165) is 4.68 Å². The zero-order valence-corrected chi connectivity index (χ0v) is 10.5. The molecule has 2 aromatic heterocycles. The van der Waals surface area contributed by atoms with Gasteiger partial charge in [-0.25, -0.2) is 4.79 Å². The van der Waals surface area contributed by atoms with Gasteiger partial charge in [-0.3, -0.25) is 0 Å². The summed E-state index contributed by atoms with van der Waals surface area (Å²) in [7, 11) is 0. The molecular formula is C14H12N2O4. The molecule has 3 rings (SSSR count). The molecule has 0 saturated heterocycles. The van der Waals surface area contributed by atoms with Crippen LogP contribution in [0.1, 0.15) is 11.7 Å². The van der Waals surface area contributed by atoms with Crippen LogP contribution in [0.2, 0.25) is 0 Å². The van der Waals surface area contributed by atoms with Crippen molar-refractivity contribution in [2.45, 2.75) is 12.6 Å². The van der Waals surface area contributed by atoms with Crippen molar-refractivity contribution in [3.63, 3.8) is 0 Å². The first kappa shape index (κ1) is 12.4. The second kappa shape index (κ2) is 5.18. The van der Waals surface area contributed by atoms with Gasteiger partial charge >= 0.3 is 5.76 Å². The minimum atomic E-state index is -0.830. The fourth-order valence-electron chi connectivity index (χ4n) is 1.87. The first-order chi connectivity index (χ1) is 9.74. The molecule has 0 fully saturated rings. The molecule has 0 saturated carbocycles. The van der Waals surface area contributed by atoms with Crippen molar-refractivity contribution < 1.29 is 13.9 Å². The molecule has 0 spiro atoms. The van der Waals surface area contributed by atoms with Crippen LogP contribution in [0.3, 0.4) is 0 Å². The van der Waals surface area contributed by atoms with Gasteiger partial charge in [0.15, 0.2) is 5.76 Å². The summed E-state index contributed by atoms with van der Waals surface area (Å²) in [5, 5.41) is 14.1. The molecule has 20 heavy (non-hydrogen) atoms. The van der Waals surface area contributed by atoms with Gasteiger partial charge in [0.05, 0.1) is 18.9 Å². The lowest BCUT2D eigenvalue weighted by molar-refractivity contribution is 0.148. The Morgan fingerprint density at radius 3 is 2.70 bits per heavy atom. The van der Waals surface area contributed by atoms with Crippen molar-refractivity contribution in [2.75, 3.05) is 0 Å². The molecule has 102 valence electrons. The number of hydrogen-bond acceptors (Lipinski definition) is 5. The molecule has 0 aliphatic carbocycles. The fraction of sp³-hybridized carbons (Fsp3) is 0.143. The number of nitrogens with zero attached hydrogens (tertiary/aromatic N) is 2.